The van der Waals surface area contributed by atoms with E-state index in [9.17, 15) is 0 Å². The second kappa shape index (κ2) is 3.81. The zero-order valence-electron chi connectivity index (χ0n) is 7.54. The molecular formula is C11H14BrN. The summed E-state index contributed by atoms with van der Waals surface area (Å²) in [6, 6.07) is 8.58. The maximum atomic E-state index is 6.15. The molecule has 13 heavy (non-hydrogen) atoms. The Bertz CT molecular complexity index is 294. The Morgan fingerprint density at radius 3 is 2.69 bits per heavy atom. The molecule has 70 valence electrons. The lowest BCUT2D eigenvalue weighted by Gasteiger charge is -2.31. The topological polar surface area (TPSA) is 26.0 Å². The van der Waals surface area contributed by atoms with Crippen molar-refractivity contribution in [2.24, 2.45) is 11.7 Å². The first-order chi connectivity index (χ1) is 6.27. The van der Waals surface area contributed by atoms with E-state index in [1.54, 1.807) is 0 Å². The summed E-state index contributed by atoms with van der Waals surface area (Å²) in [6.45, 7) is 0. The first-order valence-electron chi connectivity index (χ1n) is 4.78. The first kappa shape index (κ1) is 9.22. The summed E-state index contributed by atoms with van der Waals surface area (Å²) in [5.74, 6) is 0.717. The van der Waals surface area contributed by atoms with Gasteiger partial charge in [-0.05, 0) is 36.5 Å². The second-order valence-corrected chi connectivity index (χ2v) is 4.69. The Morgan fingerprint density at radius 1 is 1.38 bits per heavy atom. The highest BCUT2D eigenvalue weighted by atomic mass is 79.9. The summed E-state index contributed by atoms with van der Waals surface area (Å²) in [5.41, 5.74) is 7.41. The largest absolute Gasteiger partial charge is 0.324 e. The van der Waals surface area contributed by atoms with Crippen LogP contribution in [0.2, 0.25) is 0 Å². The van der Waals surface area contributed by atoms with E-state index in [2.05, 4.69) is 34.1 Å². The van der Waals surface area contributed by atoms with E-state index in [0.29, 0.717) is 5.92 Å². The van der Waals surface area contributed by atoms with Crippen LogP contribution in [0.25, 0.3) is 0 Å². The van der Waals surface area contributed by atoms with Crippen LogP contribution in [0.1, 0.15) is 30.9 Å². The molecule has 0 bridgehead atoms. The van der Waals surface area contributed by atoms with Crippen LogP contribution in [0.4, 0.5) is 0 Å². The zero-order chi connectivity index (χ0) is 9.26. The van der Waals surface area contributed by atoms with Gasteiger partial charge in [-0.3, -0.25) is 0 Å². The average Bonchev–Trinajstić information content (AvgIpc) is 2.01. The number of hydrogen-bond donors (Lipinski definition) is 1. The predicted molar refractivity (Wildman–Crippen MR) is 58.4 cm³/mol. The first-order valence-corrected chi connectivity index (χ1v) is 5.58. The van der Waals surface area contributed by atoms with E-state index in [1.807, 2.05) is 6.07 Å². The second-order valence-electron chi connectivity index (χ2n) is 3.77. The SMILES string of the molecule is N[C@H](c1cccc(Br)c1)C1CCC1. The molecule has 2 N–H and O–H groups in total. The summed E-state index contributed by atoms with van der Waals surface area (Å²) in [4.78, 5) is 0. The number of hydrogen-bond acceptors (Lipinski definition) is 1. The van der Waals surface area contributed by atoms with Crippen LogP contribution >= 0.6 is 15.9 Å². The van der Waals surface area contributed by atoms with Gasteiger partial charge < -0.3 is 5.73 Å². The quantitative estimate of drug-likeness (QED) is 0.843. The molecule has 1 fully saturated rings. The van der Waals surface area contributed by atoms with Gasteiger partial charge >= 0.3 is 0 Å². The zero-order valence-corrected chi connectivity index (χ0v) is 9.13. The number of nitrogens with two attached hydrogens (primary N) is 1. The molecule has 1 aromatic carbocycles. The van der Waals surface area contributed by atoms with Crippen molar-refractivity contribution in [3.05, 3.63) is 34.3 Å². The normalized spacial score (nSPS) is 19.5. The van der Waals surface area contributed by atoms with E-state index in [-0.39, 0.29) is 6.04 Å². The highest BCUT2D eigenvalue weighted by molar-refractivity contribution is 9.10. The number of halogens is 1. The molecule has 0 amide bonds. The fourth-order valence-corrected chi connectivity index (χ4v) is 2.20. The van der Waals surface area contributed by atoms with Gasteiger partial charge in [0.1, 0.15) is 0 Å². The van der Waals surface area contributed by atoms with Crippen molar-refractivity contribution in [2.45, 2.75) is 25.3 Å². The van der Waals surface area contributed by atoms with E-state index >= 15 is 0 Å². The molecule has 0 spiro atoms. The lowest BCUT2D eigenvalue weighted by molar-refractivity contribution is 0.264. The van der Waals surface area contributed by atoms with E-state index in [1.165, 1.54) is 24.8 Å². The fourth-order valence-electron chi connectivity index (χ4n) is 1.79. The molecule has 0 aromatic heterocycles. The van der Waals surface area contributed by atoms with Crippen molar-refractivity contribution in [1.82, 2.24) is 0 Å². The van der Waals surface area contributed by atoms with Crippen molar-refractivity contribution < 1.29 is 0 Å². The summed E-state index contributed by atoms with van der Waals surface area (Å²) in [6.07, 6.45) is 3.95. The molecule has 1 nitrogen and oxygen atoms in total. The predicted octanol–water partition coefficient (Wildman–Crippen LogP) is 3.25. The van der Waals surface area contributed by atoms with Crippen LogP contribution < -0.4 is 5.73 Å². The van der Waals surface area contributed by atoms with E-state index in [4.69, 9.17) is 5.73 Å². The molecule has 2 rings (SSSR count). The standard InChI is InChI=1S/C11H14BrN/c12-10-6-2-5-9(7-10)11(13)8-3-1-4-8/h2,5-8,11H,1,3-4,13H2/t11-/m0/s1. The molecule has 1 aliphatic rings. The van der Waals surface area contributed by atoms with Gasteiger partial charge in [0, 0.05) is 10.5 Å². The maximum Gasteiger partial charge on any atom is 0.0323 e. The minimum Gasteiger partial charge on any atom is -0.324 e. The number of benzene rings is 1. The van der Waals surface area contributed by atoms with Crippen molar-refractivity contribution >= 4 is 15.9 Å². The van der Waals surface area contributed by atoms with Crippen LogP contribution in [0.5, 0.6) is 0 Å². The van der Waals surface area contributed by atoms with Gasteiger partial charge in [0.15, 0.2) is 0 Å². The van der Waals surface area contributed by atoms with Gasteiger partial charge in [0.05, 0.1) is 0 Å². The van der Waals surface area contributed by atoms with E-state index < -0.39 is 0 Å². The van der Waals surface area contributed by atoms with Crippen LogP contribution in [0.15, 0.2) is 28.7 Å². The third kappa shape index (κ3) is 1.94. The molecule has 0 heterocycles. The van der Waals surface area contributed by atoms with Gasteiger partial charge in [0.2, 0.25) is 0 Å². The minimum absolute atomic E-state index is 0.242. The van der Waals surface area contributed by atoms with Crippen molar-refractivity contribution in [1.29, 1.82) is 0 Å². The molecule has 1 aliphatic carbocycles. The van der Waals surface area contributed by atoms with Gasteiger partial charge in [0.25, 0.3) is 0 Å². The summed E-state index contributed by atoms with van der Waals surface area (Å²) in [5, 5.41) is 0. The number of rotatable bonds is 2. The lowest BCUT2D eigenvalue weighted by atomic mass is 9.78. The Balaban J connectivity index is 2.14. The molecule has 2 heteroatoms. The monoisotopic (exact) mass is 239 g/mol. The third-order valence-electron chi connectivity index (χ3n) is 2.89. The Kier molecular flexibility index (Phi) is 2.70. The van der Waals surface area contributed by atoms with Gasteiger partial charge in [-0.2, -0.15) is 0 Å². The maximum absolute atomic E-state index is 6.15. The van der Waals surface area contributed by atoms with Crippen LogP contribution in [-0.2, 0) is 0 Å². The molecule has 0 unspecified atom stereocenters. The van der Waals surface area contributed by atoms with Gasteiger partial charge in [-0.15, -0.1) is 0 Å². The highest BCUT2D eigenvalue weighted by Crippen LogP contribution is 2.36. The summed E-state index contributed by atoms with van der Waals surface area (Å²) < 4.78 is 1.12. The van der Waals surface area contributed by atoms with Crippen LogP contribution in [0.3, 0.4) is 0 Å². The molecule has 0 aliphatic heterocycles. The molecule has 1 saturated carbocycles. The highest BCUT2D eigenvalue weighted by Gasteiger charge is 2.25. The smallest absolute Gasteiger partial charge is 0.0323 e. The van der Waals surface area contributed by atoms with E-state index in [0.717, 1.165) is 4.47 Å². The van der Waals surface area contributed by atoms with Gasteiger partial charge in [-0.25, -0.2) is 0 Å². The summed E-state index contributed by atoms with van der Waals surface area (Å²) in [7, 11) is 0. The molecular weight excluding hydrogens is 226 g/mol. The third-order valence-corrected chi connectivity index (χ3v) is 3.38. The fraction of sp³-hybridized carbons (Fsp3) is 0.455. The lowest BCUT2D eigenvalue weighted by Crippen LogP contribution is -2.26. The van der Waals surface area contributed by atoms with Gasteiger partial charge in [-0.1, -0.05) is 34.5 Å². The Morgan fingerprint density at radius 2 is 2.15 bits per heavy atom. The molecule has 0 radical (unpaired) electrons. The van der Waals surface area contributed by atoms with Crippen molar-refractivity contribution in [3.63, 3.8) is 0 Å². The van der Waals surface area contributed by atoms with Crippen molar-refractivity contribution in [2.75, 3.05) is 0 Å². The van der Waals surface area contributed by atoms with Crippen LogP contribution in [-0.4, -0.2) is 0 Å². The van der Waals surface area contributed by atoms with Crippen LogP contribution in [0, 0.1) is 5.92 Å². The molecule has 1 atom stereocenters. The summed E-state index contributed by atoms with van der Waals surface area (Å²) >= 11 is 3.46. The Labute approximate surface area is 87.5 Å². The molecule has 1 aromatic rings. The minimum atomic E-state index is 0.242. The van der Waals surface area contributed by atoms with Crippen molar-refractivity contribution in [3.8, 4) is 0 Å². The Hall–Kier alpha value is -0.340. The molecule has 0 saturated heterocycles. The average molecular weight is 240 g/mol.